The number of urea groups is 1. The number of hydrogen-bond donors (Lipinski definition) is 2. The van der Waals surface area contributed by atoms with Gasteiger partial charge in [-0.3, -0.25) is 0 Å². The average Bonchev–Trinajstić information content (AvgIpc) is 2.79. The number of carbonyl (C=O) groups excluding carboxylic acids is 1. The molecule has 0 atom stereocenters. The third kappa shape index (κ3) is 4.92. The maximum absolute atomic E-state index is 12.5. The first-order valence-electron chi connectivity index (χ1n) is 9.76. The van der Waals surface area contributed by atoms with Gasteiger partial charge in [-0.25, -0.2) is 9.78 Å². The van der Waals surface area contributed by atoms with Crippen molar-refractivity contribution < 1.29 is 9.53 Å². The molecule has 1 aromatic heterocycles. The Morgan fingerprint density at radius 2 is 1.76 bits per heavy atom. The lowest BCUT2D eigenvalue weighted by Gasteiger charge is -2.28. The summed E-state index contributed by atoms with van der Waals surface area (Å²) in [5.74, 6) is 0.919. The van der Waals surface area contributed by atoms with Crippen molar-refractivity contribution in [2.24, 2.45) is 0 Å². The van der Waals surface area contributed by atoms with Crippen molar-refractivity contribution >= 4 is 17.5 Å². The summed E-state index contributed by atoms with van der Waals surface area (Å²) < 4.78 is 5.39. The lowest BCUT2D eigenvalue weighted by atomic mass is 10.0. The number of nitrogens with zero attached hydrogens (tertiary/aromatic N) is 2. The number of benzene rings is 2. The number of anilines is 2. The van der Waals surface area contributed by atoms with Crippen molar-refractivity contribution in [2.75, 3.05) is 36.5 Å². The molecule has 2 amide bonds. The molecule has 148 valence electrons. The van der Waals surface area contributed by atoms with E-state index < -0.39 is 0 Å². The number of morpholine rings is 1. The molecule has 4 rings (SSSR count). The number of rotatable bonds is 5. The molecule has 1 aliphatic rings. The molecule has 6 nitrogen and oxygen atoms in total. The van der Waals surface area contributed by atoms with Crippen LogP contribution in [-0.2, 0) is 11.3 Å². The van der Waals surface area contributed by atoms with Crippen LogP contribution in [0.25, 0.3) is 11.1 Å². The van der Waals surface area contributed by atoms with Crippen LogP contribution in [0, 0.1) is 0 Å². The van der Waals surface area contributed by atoms with Crippen LogP contribution in [0.1, 0.15) is 5.56 Å². The molecule has 2 heterocycles. The molecule has 1 aliphatic heterocycles. The lowest BCUT2D eigenvalue weighted by molar-refractivity contribution is 0.122. The molecule has 0 unspecified atom stereocenters. The van der Waals surface area contributed by atoms with E-state index in [2.05, 4.69) is 20.5 Å². The first kappa shape index (κ1) is 19.0. The third-order valence-corrected chi connectivity index (χ3v) is 4.86. The lowest BCUT2D eigenvalue weighted by Crippen LogP contribution is -2.36. The minimum Gasteiger partial charge on any atom is -0.378 e. The number of nitrogens with one attached hydrogen (secondary N) is 2. The van der Waals surface area contributed by atoms with Crippen LogP contribution in [0.4, 0.5) is 16.3 Å². The summed E-state index contributed by atoms with van der Waals surface area (Å²) in [6, 6.07) is 21.5. The topological polar surface area (TPSA) is 66.5 Å². The molecule has 0 spiro atoms. The maximum Gasteiger partial charge on any atom is 0.319 e. The molecule has 1 fully saturated rings. The molecule has 2 N–H and O–H groups in total. The summed E-state index contributed by atoms with van der Waals surface area (Å²) in [4.78, 5) is 19.1. The molecule has 6 heteroatoms. The minimum absolute atomic E-state index is 0.238. The normalized spacial score (nSPS) is 13.7. The van der Waals surface area contributed by atoms with Gasteiger partial charge < -0.3 is 20.3 Å². The fourth-order valence-corrected chi connectivity index (χ4v) is 3.35. The van der Waals surface area contributed by atoms with Gasteiger partial charge in [-0.1, -0.05) is 48.5 Å². The van der Waals surface area contributed by atoms with Gasteiger partial charge in [0.2, 0.25) is 0 Å². The number of pyridine rings is 1. The number of ether oxygens (including phenoxy) is 1. The van der Waals surface area contributed by atoms with Crippen LogP contribution in [0.15, 0.2) is 72.9 Å². The SMILES string of the molecule is O=C(NCc1ccnc(N2CCOCC2)c1)Nc1ccccc1-c1ccccc1. The van der Waals surface area contributed by atoms with Crippen molar-refractivity contribution in [3.63, 3.8) is 0 Å². The Kier molecular flexibility index (Phi) is 6.02. The first-order chi connectivity index (χ1) is 14.3. The Bertz CT molecular complexity index is 956. The summed E-state index contributed by atoms with van der Waals surface area (Å²) >= 11 is 0. The van der Waals surface area contributed by atoms with Crippen molar-refractivity contribution in [1.82, 2.24) is 10.3 Å². The second kappa shape index (κ2) is 9.21. The third-order valence-electron chi connectivity index (χ3n) is 4.86. The number of aromatic nitrogens is 1. The fourth-order valence-electron chi connectivity index (χ4n) is 3.35. The second-order valence-corrected chi connectivity index (χ2v) is 6.84. The standard InChI is InChI=1S/C23H24N4O2/c28-23(26-21-9-5-4-8-20(21)19-6-2-1-3-7-19)25-17-18-10-11-24-22(16-18)27-12-14-29-15-13-27/h1-11,16H,12-15,17H2,(H2,25,26,28). The van der Waals surface area contributed by atoms with Crippen LogP contribution in [0.5, 0.6) is 0 Å². The predicted molar refractivity (Wildman–Crippen MR) is 115 cm³/mol. The Morgan fingerprint density at radius 1 is 1.00 bits per heavy atom. The zero-order valence-electron chi connectivity index (χ0n) is 16.2. The summed E-state index contributed by atoms with van der Waals surface area (Å²) in [7, 11) is 0. The Balaban J connectivity index is 1.39. The van der Waals surface area contributed by atoms with Gasteiger partial charge >= 0.3 is 6.03 Å². The number of para-hydroxylation sites is 1. The minimum atomic E-state index is -0.238. The predicted octanol–water partition coefficient (Wildman–Crippen LogP) is 3.91. The summed E-state index contributed by atoms with van der Waals surface area (Å²) in [5, 5.41) is 5.90. The Hall–Kier alpha value is -3.38. The molecule has 0 radical (unpaired) electrons. The fraction of sp³-hybridized carbons (Fsp3) is 0.217. The van der Waals surface area contributed by atoms with E-state index in [1.54, 1.807) is 6.20 Å². The van der Waals surface area contributed by atoms with Crippen molar-refractivity contribution in [3.8, 4) is 11.1 Å². The zero-order chi connectivity index (χ0) is 19.9. The van der Waals surface area contributed by atoms with Gasteiger partial charge in [0.05, 0.1) is 18.9 Å². The van der Waals surface area contributed by atoms with Gasteiger partial charge in [0.1, 0.15) is 5.82 Å². The van der Waals surface area contributed by atoms with Gasteiger partial charge in [-0.2, -0.15) is 0 Å². The number of amides is 2. The highest BCUT2D eigenvalue weighted by Gasteiger charge is 2.13. The molecule has 3 aromatic rings. The van der Waals surface area contributed by atoms with Crippen LogP contribution in [0.2, 0.25) is 0 Å². The molecule has 0 bridgehead atoms. The van der Waals surface area contributed by atoms with Crippen LogP contribution in [0.3, 0.4) is 0 Å². The van der Waals surface area contributed by atoms with Crippen molar-refractivity contribution in [3.05, 3.63) is 78.5 Å². The van der Waals surface area contributed by atoms with Crippen LogP contribution >= 0.6 is 0 Å². The first-order valence-corrected chi connectivity index (χ1v) is 9.76. The Morgan fingerprint density at radius 3 is 2.59 bits per heavy atom. The number of carbonyl (C=O) groups is 1. The van der Waals surface area contributed by atoms with E-state index in [4.69, 9.17) is 4.74 Å². The van der Waals surface area contributed by atoms with Gasteiger partial charge in [-0.05, 0) is 29.3 Å². The smallest absolute Gasteiger partial charge is 0.319 e. The van der Waals surface area contributed by atoms with Crippen molar-refractivity contribution in [1.29, 1.82) is 0 Å². The summed E-state index contributed by atoms with van der Waals surface area (Å²) in [6.45, 7) is 3.53. The largest absolute Gasteiger partial charge is 0.378 e. The molecule has 0 saturated carbocycles. The Labute approximate surface area is 170 Å². The van der Waals surface area contributed by atoms with E-state index in [1.807, 2.05) is 66.7 Å². The second-order valence-electron chi connectivity index (χ2n) is 6.84. The van der Waals surface area contributed by atoms with Crippen molar-refractivity contribution in [2.45, 2.75) is 6.54 Å². The molecule has 29 heavy (non-hydrogen) atoms. The van der Waals surface area contributed by atoms with E-state index in [0.29, 0.717) is 19.8 Å². The maximum atomic E-state index is 12.5. The highest BCUT2D eigenvalue weighted by molar-refractivity contribution is 5.94. The monoisotopic (exact) mass is 388 g/mol. The summed E-state index contributed by atoms with van der Waals surface area (Å²) in [5.41, 5.74) is 3.84. The zero-order valence-corrected chi connectivity index (χ0v) is 16.2. The van der Waals surface area contributed by atoms with E-state index in [0.717, 1.165) is 41.3 Å². The molecular formula is C23H24N4O2. The molecular weight excluding hydrogens is 364 g/mol. The van der Waals surface area contributed by atoms with Crippen LogP contribution in [-0.4, -0.2) is 37.3 Å². The average molecular weight is 388 g/mol. The highest BCUT2D eigenvalue weighted by atomic mass is 16.5. The van der Waals surface area contributed by atoms with Crippen LogP contribution < -0.4 is 15.5 Å². The number of hydrogen-bond acceptors (Lipinski definition) is 4. The molecule has 1 saturated heterocycles. The van der Waals surface area contributed by atoms with Gasteiger partial charge in [0.25, 0.3) is 0 Å². The van der Waals surface area contributed by atoms with E-state index in [-0.39, 0.29) is 6.03 Å². The van der Waals surface area contributed by atoms with E-state index >= 15 is 0 Å². The van der Waals surface area contributed by atoms with Gasteiger partial charge in [0, 0.05) is 31.4 Å². The highest BCUT2D eigenvalue weighted by Crippen LogP contribution is 2.27. The van der Waals surface area contributed by atoms with Gasteiger partial charge in [0.15, 0.2) is 0 Å². The summed E-state index contributed by atoms with van der Waals surface area (Å²) in [6.07, 6.45) is 1.78. The quantitative estimate of drug-likeness (QED) is 0.696. The van der Waals surface area contributed by atoms with E-state index in [1.165, 1.54) is 0 Å². The van der Waals surface area contributed by atoms with Gasteiger partial charge in [-0.15, -0.1) is 0 Å². The van der Waals surface area contributed by atoms with E-state index in [9.17, 15) is 4.79 Å². The molecule has 0 aliphatic carbocycles. The molecule has 2 aromatic carbocycles.